The van der Waals surface area contributed by atoms with Gasteiger partial charge in [-0.3, -0.25) is 4.18 Å². The first-order valence-corrected chi connectivity index (χ1v) is 6.96. The molecule has 0 aromatic heterocycles. The molecule has 0 unspecified atom stereocenters. The van der Waals surface area contributed by atoms with E-state index in [-0.39, 0.29) is 25.3 Å². The lowest BCUT2D eigenvalue weighted by Gasteiger charge is -2.23. The molecule has 0 aromatic rings. The van der Waals surface area contributed by atoms with Crippen LogP contribution in [0.3, 0.4) is 0 Å². The second-order valence-corrected chi connectivity index (χ2v) is 6.74. The highest BCUT2D eigenvalue weighted by molar-refractivity contribution is 7.88. The van der Waals surface area contributed by atoms with Crippen LogP contribution < -0.4 is 5.73 Å². The second kappa shape index (κ2) is 6.86. The molecule has 0 heterocycles. The first-order valence-electron chi connectivity index (χ1n) is 5.56. The van der Waals surface area contributed by atoms with Gasteiger partial charge in [0.15, 0.2) is 0 Å². The Kier molecular flexibility index (Phi) is 6.51. The molecule has 0 rings (SSSR count). The van der Waals surface area contributed by atoms with Gasteiger partial charge in [-0.05, 0) is 33.7 Å². The van der Waals surface area contributed by atoms with E-state index in [0.29, 0.717) is 6.42 Å². The van der Waals surface area contributed by atoms with E-state index >= 15 is 0 Å². The van der Waals surface area contributed by atoms with Crippen molar-refractivity contribution in [2.24, 2.45) is 5.73 Å². The highest BCUT2D eigenvalue weighted by Gasteiger charge is 2.34. The molecular formula is C11H21NO5S. The summed E-state index contributed by atoms with van der Waals surface area (Å²) in [5, 5.41) is 0. The lowest BCUT2D eigenvalue weighted by Crippen LogP contribution is -2.36. The van der Waals surface area contributed by atoms with Crippen LogP contribution in [-0.2, 0) is 23.8 Å². The average Bonchev–Trinajstić information content (AvgIpc) is 2.23. The van der Waals surface area contributed by atoms with Gasteiger partial charge in [-0.1, -0.05) is 6.58 Å². The summed E-state index contributed by atoms with van der Waals surface area (Å²) < 4.78 is 32.0. The standard InChI is InChI=1S/C11H21NO5S/c1-9(2)10(13)16-7-8-17-18(14,15)11(3,4)5-6-12/h1,5-8,12H2,2-4H3. The Morgan fingerprint density at radius 3 is 2.33 bits per heavy atom. The van der Waals surface area contributed by atoms with E-state index in [4.69, 9.17) is 14.7 Å². The van der Waals surface area contributed by atoms with Gasteiger partial charge in [0.05, 0.1) is 4.75 Å². The molecule has 106 valence electrons. The Labute approximate surface area is 108 Å². The number of hydrogen-bond acceptors (Lipinski definition) is 6. The lowest BCUT2D eigenvalue weighted by atomic mass is 10.1. The third-order valence-electron chi connectivity index (χ3n) is 2.33. The number of nitrogens with two attached hydrogens (primary N) is 1. The van der Waals surface area contributed by atoms with E-state index in [1.807, 2.05) is 0 Å². The van der Waals surface area contributed by atoms with Gasteiger partial charge >= 0.3 is 5.97 Å². The fourth-order valence-corrected chi connectivity index (χ4v) is 2.01. The zero-order valence-electron chi connectivity index (χ0n) is 11.1. The topological polar surface area (TPSA) is 95.7 Å². The van der Waals surface area contributed by atoms with Crippen LogP contribution in [0.2, 0.25) is 0 Å². The molecule has 7 heteroatoms. The van der Waals surface area contributed by atoms with Crippen LogP contribution in [-0.4, -0.2) is 38.9 Å². The molecule has 0 saturated carbocycles. The molecule has 0 saturated heterocycles. The van der Waals surface area contributed by atoms with E-state index < -0.39 is 20.8 Å². The van der Waals surface area contributed by atoms with Crippen LogP contribution >= 0.6 is 0 Å². The molecule has 0 bridgehead atoms. The van der Waals surface area contributed by atoms with Crippen LogP contribution in [0.25, 0.3) is 0 Å². The van der Waals surface area contributed by atoms with Gasteiger partial charge in [-0.15, -0.1) is 0 Å². The van der Waals surface area contributed by atoms with Crippen molar-refractivity contribution in [3.05, 3.63) is 12.2 Å². The minimum absolute atomic E-state index is 0.135. The molecule has 0 fully saturated rings. The molecule has 0 aliphatic rings. The summed E-state index contributed by atoms with van der Waals surface area (Å²) >= 11 is 0. The molecular weight excluding hydrogens is 258 g/mol. The smallest absolute Gasteiger partial charge is 0.333 e. The van der Waals surface area contributed by atoms with Crippen LogP contribution in [0.5, 0.6) is 0 Å². The number of ether oxygens (including phenoxy) is 1. The maximum absolute atomic E-state index is 11.8. The van der Waals surface area contributed by atoms with Crippen molar-refractivity contribution in [2.75, 3.05) is 19.8 Å². The largest absolute Gasteiger partial charge is 0.460 e. The minimum Gasteiger partial charge on any atom is -0.460 e. The number of hydrogen-bond donors (Lipinski definition) is 1. The molecule has 0 aliphatic heterocycles. The number of rotatable bonds is 8. The van der Waals surface area contributed by atoms with E-state index in [9.17, 15) is 13.2 Å². The Hall–Kier alpha value is -0.920. The summed E-state index contributed by atoms with van der Waals surface area (Å²) in [6.45, 7) is 7.88. The van der Waals surface area contributed by atoms with Crippen molar-refractivity contribution in [1.82, 2.24) is 0 Å². The molecule has 0 amide bonds. The zero-order chi connectivity index (χ0) is 14.4. The SMILES string of the molecule is C=C(C)C(=O)OCCOS(=O)(=O)C(C)(C)CCN. The minimum atomic E-state index is -3.73. The van der Waals surface area contributed by atoms with Crippen LogP contribution in [0.15, 0.2) is 12.2 Å². The van der Waals surface area contributed by atoms with Gasteiger partial charge in [0.25, 0.3) is 10.1 Å². The predicted octanol–water partition coefficient (Wildman–Crippen LogP) is 0.580. The van der Waals surface area contributed by atoms with Crippen LogP contribution in [0.1, 0.15) is 27.2 Å². The Morgan fingerprint density at radius 1 is 1.33 bits per heavy atom. The monoisotopic (exact) mass is 279 g/mol. The average molecular weight is 279 g/mol. The zero-order valence-corrected chi connectivity index (χ0v) is 11.9. The quantitative estimate of drug-likeness (QED) is 0.302. The Balaban J connectivity index is 4.21. The predicted molar refractivity (Wildman–Crippen MR) is 68.4 cm³/mol. The molecule has 0 spiro atoms. The maximum atomic E-state index is 11.8. The fraction of sp³-hybridized carbons (Fsp3) is 0.727. The number of esters is 1. The summed E-state index contributed by atoms with van der Waals surface area (Å²) in [6.07, 6.45) is 0.293. The third-order valence-corrected chi connectivity index (χ3v) is 4.36. The molecule has 2 N–H and O–H groups in total. The van der Waals surface area contributed by atoms with Gasteiger partial charge in [-0.25, -0.2) is 4.79 Å². The normalized spacial score (nSPS) is 12.2. The van der Waals surface area contributed by atoms with E-state index in [1.165, 1.54) is 20.8 Å². The van der Waals surface area contributed by atoms with E-state index in [2.05, 4.69) is 6.58 Å². The van der Waals surface area contributed by atoms with Crippen molar-refractivity contribution in [2.45, 2.75) is 31.9 Å². The van der Waals surface area contributed by atoms with Gasteiger partial charge < -0.3 is 10.5 Å². The molecule has 0 atom stereocenters. The van der Waals surface area contributed by atoms with Crippen molar-refractivity contribution >= 4 is 16.1 Å². The van der Waals surface area contributed by atoms with Crippen molar-refractivity contribution in [3.63, 3.8) is 0 Å². The van der Waals surface area contributed by atoms with Gasteiger partial charge in [0.2, 0.25) is 0 Å². The van der Waals surface area contributed by atoms with Gasteiger partial charge in [0, 0.05) is 5.57 Å². The van der Waals surface area contributed by atoms with Crippen LogP contribution in [0.4, 0.5) is 0 Å². The van der Waals surface area contributed by atoms with Gasteiger partial charge in [0.1, 0.15) is 13.2 Å². The number of carbonyl (C=O) groups is 1. The van der Waals surface area contributed by atoms with E-state index in [0.717, 1.165) is 0 Å². The molecule has 0 aliphatic carbocycles. The second-order valence-electron chi connectivity index (χ2n) is 4.49. The molecule has 0 radical (unpaired) electrons. The molecule has 18 heavy (non-hydrogen) atoms. The summed E-state index contributed by atoms with van der Waals surface area (Å²) in [5.74, 6) is -0.572. The third kappa shape index (κ3) is 5.16. The molecule has 0 aromatic carbocycles. The highest BCUT2D eigenvalue weighted by Crippen LogP contribution is 2.21. The summed E-state index contributed by atoms with van der Waals surface area (Å²) in [4.78, 5) is 11.0. The lowest BCUT2D eigenvalue weighted by molar-refractivity contribution is -0.139. The maximum Gasteiger partial charge on any atom is 0.333 e. The van der Waals surface area contributed by atoms with Crippen molar-refractivity contribution < 1.29 is 22.1 Å². The summed E-state index contributed by atoms with van der Waals surface area (Å²) in [7, 11) is -3.73. The van der Waals surface area contributed by atoms with Crippen molar-refractivity contribution in [3.8, 4) is 0 Å². The first-order chi connectivity index (χ1) is 8.14. The van der Waals surface area contributed by atoms with Crippen LogP contribution in [0, 0.1) is 0 Å². The number of carbonyl (C=O) groups excluding carboxylic acids is 1. The first kappa shape index (κ1) is 17.1. The van der Waals surface area contributed by atoms with Crippen molar-refractivity contribution in [1.29, 1.82) is 0 Å². The van der Waals surface area contributed by atoms with E-state index in [1.54, 1.807) is 0 Å². The Bertz CT molecular complexity index is 400. The Morgan fingerprint density at radius 2 is 1.89 bits per heavy atom. The highest BCUT2D eigenvalue weighted by atomic mass is 32.2. The fourth-order valence-electron chi connectivity index (χ4n) is 1.03. The molecule has 6 nitrogen and oxygen atoms in total. The summed E-state index contributed by atoms with van der Waals surface area (Å²) in [5.41, 5.74) is 5.59. The van der Waals surface area contributed by atoms with Gasteiger partial charge in [-0.2, -0.15) is 8.42 Å². The summed E-state index contributed by atoms with van der Waals surface area (Å²) in [6, 6.07) is 0.